The van der Waals surface area contributed by atoms with Gasteiger partial charge in [0.15, 0.2) is 11.7 Å². The second-order valence-electron chi connectivity index (χ2n) is 7.77. The number of hydrogen-bond donors (Lipinski definition) is 3. The van der Waals surface area contributed by atoms with Crippen LogP contribution in [-0.2, 0) is 0 Å². The molecule has 2 heterocycles. The number of carbonyl (C=O) groups excluding carboxylic acids is 1. The number of carbonyl (C=O) groups is 1. The van der Waals surface area contributed by atoms with E-state index in [2.05, 4.69) is 33.0 Å². The lowest BCUT2D eigenvalue weighted by Gasteiger charge is -2.34. The van der Waals surface area contributed by atoms with E-state index in [-0.39, 0.29) is 35.9 Å². The van der Waals surface area contributed by atoms with Crippen molar-refractivity contribution in [1.82, 2.24) is 20.9 Å². The van der Waals surface area contributed by atoms with Crippen LogP contribution in [-0.4, -0.2) is 63.1 Å². The molecule has 1 unspecified atom stereocenters. The average Bonchev–Trinajstić information content (AvgIpc) is 3.38. The summed E-state index contributed by atoms with van der Waals surface area (Å²) < 4.78 is 10.4. The average molecular weight is 569 g/mol. The normalized spacial score (nSPS) is 15.3. The first-order chi connectivity index (χ1) is 15.7. The Morgan fingerprint density at radius 3 is 2.45 bits per heavy atom. The highest BCUT2D eigenvalue weighted by molar-refractivity contribution is 14.0. The highest BCUT2D eigenvalue weighted by atomic mass is 127. The van der Waals surface area contributed by atoms with E-state index >= 15 is 0 Å². The largest absolute Gasteiger partial charge is 0.497 e. The molecule has 1 fully saturated rings. The molecule has 0 bridgehead atoms. The minimum absolute atomic E-state index is 0. The van der Waals surface area contributed by atoms with Crippen LogP contribution in [0.25, 0.3) is 0 Å². The number of nitrogens with zero attached hydrogens (tertiary/aromatic N) is 2. The number of likely N-dealkylation sites (tertiary alicyclic amines) is 1. The summed E-state index contributed by atoms with van der Waals surface area (Å²) in [5, 5.41) is 9.44. The molecule has 1 aliphatic heterocycles. The Bertz CT molecular complexity index is 836. The van der Waals surface area contributed by atoms with Crippen molar-refractivity contribution in [3.05, 3.63) is 54.0 Å². The fraction of sp³-hybridized carbons (Fsp3) is 0.500. The van der Waals surface area contributed by atoms with Gasteiger partial charge in [0.2, 0.25) is 0 Å². The Kier molecular flexibility index (Phi) is 12.1. The number of furan rings is 1. The third-order valence-corrected chi connectivity index (χ3v) is 5.55. The summed E-state index contributed by atoms with van der Waals surface area (Å²) in [5.41, 5.74) is 1.25. The number of amides is 1. The lowest BCUT2D eigenvalue weighted by Crippen LogP contribution is -2.42. The molecular weight excluding hydrogens is 533 g/mol. The summed E-state index contributed by atoms with van der Waals surface area (Å²) in [5.74, 6) is 1.70. The predicted molar refractivity (Wildman–Crippen MR) is 142 cm³/mol. The molecule has 1 aromatic carbocycles. The second kappa shape index (κ2) is 14.8. The van der Waals surface area contributed by atoms with E-state index in [0.717, 1.165) is 31.3 Å². The minimum atomic E-state index is -0.219. The van der Waals surface area contributed by atoms with Crippen molar-refractivity contribution in [3.8, 4) is 5.75 Å². The molecule has 0 spiro atoms. The van der Waals surface area contributed by atoms with Crippen molar-refractivity contribution in [2.45, 2.75) is 32.2 Å². The van der Waals surface area contributed by atoms with Gasteiger partial charge in [-0.15, -0.1) is 24.0 Å². The zero-order chi connectivity index (χ0) is 22.6. The molecule has 9 heteroatoms. The molecule has 33 heavy (non-hydrogen) atoms. The van der Waals surface area contributed by atoms with Crippen LogP contribution in [0, 0.1) is 0 Å². The van der Waals surface area contributed by atoms with Crippen molar-refractivity contribution in [2.24, 2.45) is 4.99 Å². The van der Waals surface area contributed by atoms with Gasteiger partial charge < -0.3 is 25.1 Å². The zero-order valence-corrected chi connectivity index (χ0v) is 21.8. The lowest BCUT2D eigenvalue weighted by molar-refractivity contribution is 0.0926. The second-order valence-corrected chi connectivity index (χ2v) is 7.77. The Morgan fingerprint density at radius 1 is 1.09 bits per heavy atom. The van der Waals surface area contributed by atoms with Gasteiger partial charge in [0.25, 0.3) is 5.91 Å². The summed E-state index contributed by atoms with van der Waals surface area (Å²) in [4.78, 5) is 19.4. The van der Waals surface area contributed by atoms with E-state index in [1.807, 2.05) is 19.1 Å². The topological polar surface area (TPSA) is 91.1 Å². The van der Waals surface area contributed by atoms with Gasteiger partial charge in [0.05, 0.1) is 26.0 Å². The molecule has 1 saturated heterocycles. The van der Waals surface area contributed by atoms with Crippen molar-refractivity contribution in [1.29, 1.82) is 0 Å². The van der Waals surface area contributed by atoms with E-state index in [9.17, 15) is 4.79 Å². The monoisotopic (exact) mass is 569 g/mol. The van der Waals surface area contributed by atoms with E-state index in [4.69, 9.17) is 14.1 Å². The van der Waals surface area contributed by atoms with Crippen LogP contribution in [0.2, 0.25) is 0 Å². The summed E-state index contributed by atoms with van der Waals surface area (Å²) in [6.07, 6.45) is 5.24. The molecule has 3 rings (SSSR count). The van der Waals surface area contributed by atoms with Crippen molar-refractivity contribution in [2.75, 3.05) is 46.4 Å². The van der Waals surface area contributed by atoms with Crippen LogP contribution in [0.15, 0.2) is 52.1 Å². The molecule has 2 aromatic rings. The number of benzene rings is 1. The van der Waals surface area contributed by atoms with Gasteiger partial charge in [0, 0.05) is 19.6 Å². The SMILES string of the molecule is CCNC(=NCC(c1ccc(OC)cc1)N1CCCCC1)NCCNC(=O)c1ccco1.I. The molecule has 1 aliphatic rings. The summed E-state index contributed by atoms with van der Waals surface area (Å²) in [6.45, 7) is 6.68. The molecule has 8 nitrogen and oxygen atoms in total. The van der Waals surface area contributed by atoms with Crippen LogP contribution >= 0.6 is 24.0 Å². The fourth-order valence-corrected chi connectivity index (χ4v) is 3.86. The molecule has 182 valence electrons. The molecule has 0 saturated carbocycles. The van der Waals surface area contributed by atoms with E-state index in [1.54, 1.807) is 19.2 Å². The number of hydrogen-bond acceptors (Lipinski definition) is 5. The van der Waals surface area contributed by atoms with E-state index in [0.29, 0.717) is 25.4 Å². The molecule has 0 aliphatic carbocycles. The third-order valence-electron chi connectivity index (χ3n) is 5.55. The minimum Gasteiger partial charge on any atom is -0.497 e. The van der Waals surface area contributed by atoms with E-state index < -0.39 is 0 Å². The third kappa shape index (κ3) is 8.54. The Balaban J connectivity index is 0.00000385. The molecular formula is C24H36IN5O3. The van der Waals surface area contributed by atoms with Crippen molar-refractivity contribution in [3.63, 3.8) is 0 Å². The quantitative estimate of drug-likeness (QED) is 0.176. The van der Waals surface area contributed by atoms with Crippen molar-refractivity contribution >= 4 is 35.8 Å². The van der Waals surface area contributed by atoms with Gasteiger partial charge in [0.1, 0.15) is 5.75 Å². The van der Waals surface area contributed by atoms with Crippen molar-refractivity contribution < 1.29 is 13.9 Å². The molecule has 1 atom stereocenters. The number of rotatable bonds is 10. The highest BCUT2D eigenvalue weighted by Crippen LogP contribution is 2.26. The summed E-state index contributed by atoms with van der Waals surface area (Å²) in [7, 11) is 1.69. The van der Waals surface area contributed by atoms with E-state index in [1.165, 1.54) is 31.1 Å². The first kappa shape index (κ1) is 27.0. The lowest BCUT2D eigenvalue weighted by atomic mass is 10.0. The summed E-state index contributed by atoms with van der Waals surface area (Å²) >= 11 is 0. The first-order valence-electron chi connectivity index (χ1n) is 11.4. The molecule has 1 aromatic heterocycles. The number of guanidine groups is 1. The van der Waals surface area contributed by atoms with Gasteiger partial charge in [-0.05, 0) is 62.7 Å². The Hall–Kier alpha value is -2.27. The molecule has 1 amide bonds. The first-order valence-corrected chi connectivity index (χ1v) is 11.4. The van der Waals surface area contributed by atoms with Crippen LogP contribution < -0.4 is 20.7 Å². The van der Waals surface area contributed by atoms with Crippen LogP contribution in [0.4, 0.5) is 0 Å². The number of methoxy groups -OCH3 is 1. The standard InChI is InChI=1S/C24H35N5O3.HI/c1-3-25-24(27-14-13-26-23(30)22-8-7-17-32-22)28-18-21(29-15-5-4-6-16-29)19-9-11-20(31-2)12-10-19;/h7-12,17,21H,3-6,13-16,18H2,1-2H3,(H,26,30)(H2,25,27,28);1H. The predicted octanol–water partition coefficient (Wildman–Crippen LogP) is 3.42. The number of ether oxygens (including phenoxy) is 1. The fourth-order valence-electron chi connectivity index (χ4n) is 3.86. The summed E-state index contributed by atoms with van der Waals surface area (Å²) in [6, 6.07) is 11.9. The Labute approximate surface area is 213 Å². The van der Waals surface area contributed by atoms with Gasteiger partial charge >= 0.3 is 0 Å². The zero-order valence-electron chi connectivity index (χ0n) is 19.5. The number of piperidine rings is 1. The molecule has 3 N–H and O–H groups in total. The van der Waals surface area contributed by atoms with Crippen LogP contribution in [0.1, 0.15) is 48.3 Å². The van der Waals surface area contributed by atoms with Gasteiger partial charge in [-0.3, -0.25) is 14.7 Å². The van der Waals surface area contributed by atoms with Gasteiger partial charge in [-0.2, -0.15) is 0 Å². The smallest absolute Gasteiger partial charge is 0.287 e. The number of nitrogens with one attached hydrogen (secondary N) is 3. The van der Waals surface area contributed by atoms with Crippen LogP contribution in [0.3, 0.4) is 0 Å². The Morgan fingerprint density at radius 2 is 1.82 bits per heavy atom. The molecule has 0 radical (unpaired) electrons. The maximum absolute atomic E-state index is 12.0. The maximum Gasteiger partial charge on any atom is 0.287 e. The maximum atomic E-state index is 12.0. The number of halogens is 1. The highest BCUT2D eigenvalue weighted by Gasteiger charge is 2.22. The van der Waals surface area contributed by atoms with Crippen LogP contribution in [0.5, 0.6) is 5.75 Å². The number of aliphatic imine (C=N–C) groups is 1. The van der Waals surface area contributed by atoms with Gasteiger partial charge in [-0.25, -0.2) is 0 Å². The van der Waals surface area contributed by atoms with Gasteiger partial charge in [-0.1, -0.05) is 18.6 Å².